The third-order valence-electron chi connectivity index (χ3n) is 2.88. The molecule has 3 N–H and O–H groups in total. The molecule has 1 aliphatic rings. The van der Waals surface area contributed by atoms with Crippen LogP contribution in [0.5, 0.6) is 5.75 Å². The van der Waals surface area contributed by atoms with E-state index in [1.54, 1.807) is 12.1 Å². The van der Waals surface area contributed by atoms with Gasteiger partial charge in [-0.15, -0.1) is 0 Å². The zero-order valence-electron chi connectivity index (χ0n) is 10.6. The molecule has 0 fully saturated rings. The predicted molar refractivity (Wildman–Crippen MR) is 68.9 cm³/mol. The number of ether oxygens (including phenoxy) is 1. The van der Waals surface area contributed by atoms with Gasteiger partial charge in [-0.2, -0.15) is 0 Å². The quantitative estimate of drug-likeness (QED) is 0.790. The average Bonchev–Trinajstić information content (AvgIpc) is 2.38. The Morgan fingerprint density at radius 1 is 1.58 bits per heavy atom. The van der Waals surface area contributed by atoms with Crippen molar-refractivity contribution in [2.24, 2.45) is 5.73 Å². The summed E-state index contributed by atoms with van der Waals surface area (Å²) >= 11 is 0. The smallest absolute Gasteiger partial charge is 0.271 e. The van der Waals surface area contributed by atoms with Crippen LogP contribution in [0.15, 0.2) is 18.2 Å². The van der Waals surface area contributed by atoms with Gasteiger partial charge in [0, 0.05) is 0 Å². The molecule has 1 aromatic carbocycles. The minimum atomic E-state index is -1.24. The first-order chi connectivity index (χ1) is 9.04. The molecule has 0 radical (unpaired) electrons. The normalized spacial score (nSPS) is 15.7. The number of fused-ring (bicyclic) bond motifs is 1. The second-order valence-corrected chi connectivity index (χ2v) is 4.37. The number of amides is 2. The Balaban J connectivity index is 2.44. The van der Waals surface area contributed by atoms with Crippen LogP contribution in [0.3, 0.4) is 0 Å². The molecule has 6 heteroatoms. The van der Waals surface area contributed by atoms with Gasteiger partial charge in [-0.05, 0) is 37.6 Å². The lowest BCUT2D eigenvalue weighted by molar-refractivity contribution is -0.132. The van der Waals surface area contributed by atoms with Crippen LogP contribution in [-0.2, 0) is 16.0 Å². The Hall–Kier alpha value is -1.92. The van der Waals surface area contributed by atoms with Gasteiger partial charge in [-0.25, -0.2) is 4.90 Å². The summed E-state index contributed by atoms with van der Waals surface area (Å²) in [6.45, 7) is 1.59. The van der Waals surface area contributed by atoms with E-state index in [1.165, 1.54) is 6.92 Å². The van der Waals surface area contributed by atoms with Crippen LogP contribution in [0.2, 0.25) is 0 Å². The molecule has 2 amide bonds. The summed E-state index contributed by atoms with van der Waals surface area (Å²) in [7, 11) is 0. The Morgan fingerprint density at radius 3 is 2.95 bits per heavy atom. The highest BCUT2D eigenvalue weighted by Gasteiger charge is 2.32. The lowest BCUT2D eigenvalue weighted by Crippen LogP contribution is -2.47. The van der Waals surface area contributed by atoms with E-state index in [1.807, 2.05) is 6.07 Å². The Morgan fingerprint density at radius 2 is 2.32 bits per heavy atom. The number of imide groups is 1. The number of aliphatic hydroxyl groups is 1. The average molecular weight is 264 g/mol. The van der Waals surface area contributed by atoms with E-state index in [2.05, 4.69) is 0 Å². The van der Waals surface area contributed by atoms with Crippen LogP contribution in [-0.4, -0.2) is 36.2 Å². The maximum atomic E-state index is 11.9. The molecule has 1 unspecified atom stereocenters. The van der Waals surface area contributed by atoms with Gasteiger partial charge in [0.2, 0.25) is 0 Å². The van der Waals surface area contributed by atoms with E-state index in [-0.39, 0.29) is 6.61 Å². The second kappa shape index (κ2) is 5.38. The number of rotatable bonds is 3. The van der Waals surface area contributed by atoms with Crippen LogP contribution < -0.4 is 15.4 Å². The molecule has 19 heavy (non-hydrogen) atoms. The Bertz CT molecular complexity index is 513. The SMILES string of the molecule is CC(O)C(=O)N1C(=O)COc2ccc(CCN)cc21. The highest BCUT2D eigenvalue weighted by atomic mass is 16.5. The third-order valence-corrected chi connectivity index (χ3v) is 2.88. The molecule has 0 aromatic heterocycles. The topological polar surface area (TPSA) is 92.9 Å². The molecule has 0 saturated heterocycles. The first-order valence-corrected chi connectivity index (χ1v) is 6.05. The summed E-state index contributed by atoms with van der Waals surface area (Å²) in [5, 5.41) is 9.38. The molecule has 1 aliphatic heterocycles. The second-order valence-electron chi connectivity index (χ2n) is 4.37. The van der Waals surface area contributed by atoms with Crippen molar-refractivity contribution in [3.05, 3.63) is 23.8 Å². The highest BCUT2D eigenvalue weighted by Crippen LogP contribution is 2.33. The monoisotopic (exact) mass is 264 g/mol. The highest BCUT2D eigenvalue weighted by molar-refractivity contribution is 6.18. The van der Waals surface area contributed by atoms with Crippen molar-refractivity contribution in [1.29, 1.82) is 0 Å². The third kappa shape index (κ3) is 2.59. The summed E-state index contributed by atoms with van der Waals surface area (Å²) in [5.41, 5.74) is 6.76. The predicted octanol–water partition coefficient (Wildman–Crippen LogP) is -0.179. The summed E-state index contributed by atoms with van der Waals surface area (Å²) < 4.78 is 5.27. The molecule has 0 spiro atoms. The van der Waals surface area contributed by atoms with Crippen LogP contribution in [0.25, 0.3) is 0 Å². The standard InChI is InChI=1S/C13H16N2O4/c1-8(16)13(18)15-10-6-9(4-5-14)2-3-11(10)19-7-12(15)17/h2-3,6,8,16H,4-5,7,14H2,1H3. The molecule has 6 nitrogen and oxygen atoms in total. The number of nitrogens with two attached hydrogens (primary N) is 1. The van der Waals surface area contributed by atoms with Crippen molar-refractivity contribution in [1.82, 2.24) is 0 Å². The number of hydrogen-bond acceptors (Lipinski definition) is 5. The van der Waals surface area contributed by atoms with Crippen LogP contribution in [0.1, 0.15) is 12.5 Å². The lowest BCUT2D eigenvalue weighted by Gasteiger charge is -2.29. The Labute approximate surface area is 110 Å². The molecule has 1 heterocycles. The molecular formula is C13H16N2O4. The molecule has 2 rings (SSSR count). The summed E-state index contributed by atoms with van der Waals surface area (Å²) in [6.07, 6.45) is -0.605. The van der Waals surface area contributed by atoms with Gasteiger partial charge in [0.05, 0.1) is 5.69 Å². The fraction of sp³-hybridized carbons (Fsp3) is 0.385. The molecule has 0 aliphatic carbocycles. The van der Waals surface area contributed by atoms with Crippen LogP contribution in [0, 0.1) is 0 Å². The van der Waals surface area contributed by atoms with Crippen molar-refractivity contribution in [3.8, 4) is 5.75 Å². The maximum Gasteiger partial charge on any atom is 0.271 e. The number of aliphatic hydroxyl groups excluding tert-OH is 1. The van der Waals surface area contributed by atoms with E-state index in [4.69, 9.17) is 10.5 Å². The van der Waals surface area contributed by atoms with Crippen molar-refractivity contribution in [2.75, 3.05) is 18.1 Å². The molecule has 102 valence electrons. The zero-order chi connectivity index (χ0) is 14.0. The van der Waals surface area contributed by atoms with Crippen molar-refractivity contribution in [3.63, 3.8) is 0 Å². The van der Waals surface area contributed by atoms with Gasteiger partial charge in [0.1, 0.15) is 11.9 Å². The number of carbonyl (C=O) groups is 2. The van der Waals surface area contributed by atoms with Crippen molar-refractivity contribution in [2.45, 2.75) is 19.4 Å². The minimum Gasteiger partial charge on any atom is -0.482 e. The summed E-state index contributed by atoms with van der Waals surface area (Å²) in [5.74, 6) is -0.683. The molecule has 0 bridgehead atoms. The van der Waals surface area contributed by atoms with E-state index >= 15 is 0 Å². The number of nitrogens with zero attached hydrogens (tertiary/aromatic N) is 1. The van der Waals surface area contributed by atoms with Crippen LogP contribution in [0.4, 0.5) is 5.69 Å². The van der Waals surface area contributed by atoms with Gasteiger partial charge in [0.25, 0.3) is 11.8 Å². The van der Waals surface area contributed by atoms with Gasteiger partial charge in [0.15, 0.2) is 6.61 Å². The van der Waals surface area contributed by atoms with Crippen molar-refractivity contribution >= 4 is 17.5 Å². The first-order valence-electron chi connectivity index (χ1n) is 6.05. The fourth-order valence-electron chi connectivity index (χ4n) is 1.95. The molecular weight excluding hydrogens is 248 g/mol. The van der Waals surface area contributed by atoms with Crippen LogP contribution >= 0.6 is 0 Å². The summed E-state index contributed by atoms with van der Waals surface area (Å²) in [6, 6.07) is 5.24. The van der Waals surface area contributed by atoms with E-state index in [0.717, 1.165) is 10.5 Å². The maximum absolute atomic E-state index is 11.9. The summed E-state index contributed by atoms with van der Waals surface area (Å²) in [4.78, 5) is 24.7. The molecule has 0 saturated carbocycles. The number of benzene rings is 1. The fourth-order valence-corrected chi connectivity index (χ4v) is 1.95. The minimum absolute atomic E-state index is 0.207. The van der Waals surface area contributed by atoms with Gasteiger partial charge in [-0.1, -0.05) is 6.07 Å². The Kier molecular flexibility index (Phi) is 3.82. The number of hydrogen-bond donors (Lipinski definition) is 2. The van der Waals surface area contributed by atoms with Crippen molar-refractivity contribution < 1.29 is 19.4 Å². The molecule has 1 aromatic rings. The van der Waals surface area contributed by atoms with Gasteiger partial charge < -0.3 is 15.6 Å². The van der Waals surface area contributed by atoms with E-state index in [0.29, 0.717) is 24.4 Å². The molecule has 1 atom stereocenters. The zero-order valence-corrected chi connectivity index (χ0v) is 10.6. The number of carbonyl (C=O) groups excluding carboxylic acids is 2. The largest absolute Gasteiger partial charge is 0.482 e. The first kappa shape index (κ1) is 13.5. The van der Waals surface area contributed by atoms with E-state index < -0.39 is 17.9 Å². The number of anilines is 1. The van der Waals surface area contributed by atoms with E-state index in [9.17, 15) is 14.7 Å². The van der Waals surface area contributed by atoms with Gasteiger partial charge >= 0.3 is 0 Å². The lowest BCUT2D eigenvalue weighted by atomic mass is 10.1. The van der Waals surface area contributed by atoms with Gasteiger partial charge in [-0.3, -0.25) is 9.59 Å².